The van der Waals surface area contributed by atoms with E-state index in [9.17, 15) is 0 Å². The van der Waals surface area contributed by atoms with Crippen molar-refractivity contribution in [1.82, 2.24) is 0 Å². The first-order valence-corrected chi connectivity index (χ1v) is 10.8. The Kier molecular flexibility index (Phi) is 15.9. The zero-order valence-corrected chi connectivity index (χ0v) is 17.6. The van der Waals surface area contributed by atoms with Crippen LogP contribution in [0.25, 0.3) is 0 Å². The molecule has 0 aliphatic heterocycles. The van der Waals surface area contributed by atoms with E-state index in [4.69, 9.17) is 0 Å². The van der Waals surface area contributed by atoms with Crippen molar-refractivity contribution in [2.75, 3.05) is 0 Å². The largest absolute Gasteiger partial charge is 0.130 e. The first-order chi connectivity index (χ1) is 11.6. The fraction of sp³-hybridized carbons (Fsp3) is 0.739. The van der Waals surface area contributed by atoms with Gasteiger partial charge in [0.25, 0.3) is 0 Å². The third-order valence-electron chi connectivity index (χ3n) is 5.22. The van der Waals surface area contributed by atoms with Crippen LogP contribution >= 0.6 is 9.24 Å². The smallest absolute Gasteiger partial charge is 0.00506 e. The normalized spacial score (nSPS) is 12.8. The van der Waals surface area contributed by atoms with Crippen LogP contribution in [0, 0.1) is 5.92 Å². The van der Waals surface area contributed by atoms with Gasteiger partial charge in [0.05, 0.1) is 0 Å². The Labute approximate surface area is 155 Å². The molecule has 24 heavy (non-hydrogen) atoms. The maximum Gasteiger partial charge on any atom is -0.00506 e. The van der Waals surface area contributed by atoms with Gasteiger partial charge in [-0.15, -0.1) is 29.0 Å². The molecule has 0 saturated heterocycles. The van der Waals surface area contributed by atoms with Gasteiger partial charge in [0.2, 0.25) is 0 Å². The highest BCUT2D eigenvalue weighted by molar-refractivity contribution is 7.19. The van der Waals surface area contributed by atoms with Gasteiger partial charge < -0.3 is 0 Å². The highest BCUT2D eigenvalue weighted by Gasteiger charge is 2.30. The number of hydrogen-bond acceptors (Lipinski definition) is 0. The van der Waals surface area contributed by atoms with Crippen LogP contribution in [0.5, 0.6) is 0 Å². The summed E-state index contributed by atoms with van der Waals surface area (Å²) < 4.78 is 0. The first-order valence-electron chi connectivity index (χ1n) is 10.3. The zero-order valence-electron chi connectivity index (χ0n) is 16.4. The summed E-state index contributed by atoms with van der Waals surface area (Å²) in [5, 5.41) is 0.219. The van der Waals surface area contributed by atoms with Gasteiger partial charge in [-0.1, -0.05) is 89.4 Å². The van der Waals surface area contributed by atoms with Crippen molar-refractivity contribution in [2.45, 2.75) is 102 Å². The van der Waals surface area contributed by atoms with Gasteiger partial charge in [-0.25, -0.2) is 0 Å². The average Bonchev–Trinajstić information content (AvgIpc) is 2.56. The number of unbranched alkanes of at least 4 members (excludes halogenated alkanes) is 9. The molecular formula is C23H43P. The lowest BCUT2D eigenvalue weighted by molar-refractivity contribution is 0.343. The van der Waals surface area contributed by atoms with Crippen molar-refractivity contribution in [3.05, 3.63) is 38.0 Å². The second-order valence-electron chi connectivity index (χ2n) is 7.41. The molecule has 0 aromatic carbocycles. The van der Waals surface area contributed by atoms with Crippen LogP contribution in [0.1, 0.15) is 96.8 Å². The molecule has 0 aliphatic rings. The van der Waals surface area contributed by atoms with Crippen molar-refractivity contribution in [1.29, 1.82) is 0 Å². The van der Waals surface area contributed by atoms with E-state index in [2.05, 4.69) is 54.1 Å². The molecule has 0 fully saturated rings. The number of hydrogen-bond donors (Lipinski definition) is 0. The van der Waals surface area contributed by atoms with E-state index < -0.39 is 0 Å². The van der Waals surface area contributed by atoms with Crippen LogP contribution < -0.4 is 0 Å². The standard InChI is InChI=1S/C23H43P/c1-5-9-10-11-12-13-14-15-16-17-19-22(18-6-2)23(24,20-7-3)21-8-4/h6-8,22H,2-5,9-21,24H2,1H3. The molecule has 2 unspecified atom stereocenters. The Morgan fingerprint density at radius 3 is 1.62 bits per heavy atom. The predicted octanol–water partition coefficient (Wildman–Crippen LogP) is 8.26. The molecule has 0 aliphatic carbocycles. The molecule has 140 valence electrons. The Bertz CT molecular complexity index is 308. The van der Waals surface area contributed by atoms with Crippen molar-refractivity contribution in [2.24, 2.45) is 5.92 Å². The molecule has 1 heteroatoms. The van der Waals surface area contributed by atoms with Crippen LogP contribution in [0.3, 0.4) is 0 Å². The predicted molar refractivity (Wildman–Crippen MR) is 117 cm³/mol. The van der Waals surface area contributed by atoms with Gasteiger partial charge in [-0.05, 0) is 36.8 Å². The number of allylic oxidation sites excluding steroid dienone is 3. The lowest BCUT2D eigenvalue weighted by Crippen LogP contribution is -2.30. The molecule has 0 bridgehead atoms. The molecule has 0 heterocycles. The maximum absolute atomic E-state index is 3.97. The molecule has 0 rings (SSSR count). The summed E-state index contributed by atoms with van der Waals surface area (Å²) in [6, 6.07) is 0. The third kappa shape index (κ3) is 11.2. The van der Waals surface area contributed by atoms with Crippen LogP contribution in [-0.4, -0.2) is 5.16 Å². The zero-order chi connectivity index (χ0) is 18.1. The summed E-state index contributed by atoms with van der Waals surface area (Å²) in [5.74, 6) is 0.671. The number of rotatable bonds is 18. The summed E-state index contributed by atoms with van der Waals surface area (Å²) in [4.78, 5) is 0. The monoisotopic (exact) mass is 350 g/mol. The third-order valence-corrected chi connectivity index (χ3v) is 6.16. The van der Waals surface area contributed by atoms with E-state index in [1.165, 1.54) is 70.6 Å². The van der Waals surface area contributed by atoms with Crippen molar-refractivity contribution < 1.29 is 0 Å². The van der Waals surface area contributed by atoms with Crippen molar-refractivity contribution >= 4 is 9.24 Å². The minimum atomic E-state index is 0.219. The molecule has 0 amide bonds. The fourth-order valence-corrected chi connectivity index (χ4v) is 4.31. The van der Waals surface area contributed by atoms with Crippen LogP contribution in [0.15, 0.2) is 38.0 Å². The molecule has 2 atom stereocenters. The summed E-state index contributed by atoms with van der Waals surface area (Å²) in [6.45, 7) is 14.2. The molecule has 0 aromatic heterocycles. The van der Waals surface area contributed by atoms with E-state index in [0.29, 0.717) is 5.92 Å². The van der Waals surface area contributed by atoms with Crippen molar-refractivity contribution in [3.8, 4) is 0 Å². The summed E-state index contributed by atoms with van der Waals surface area (Å²) in [7, 11) is 3.12. The Morgan fingerprint density at radius 1 is 0.750 bits per heavy atom. The minimum Gasteiger partial charge on any atom is -0.130 e. The second-order valence-corrected chi connectivity index (χ2v) is 8.56. The Morgan fingerprint density at radius 2 is 1.21 bits per heavy atom. The van der Waals surface area contributed by atoms with Gasteiger partial charge in [-0.2, -0.15) is 0 Å². The molecule has 0 saturated carbocycles. The average molecular weight is 351 g/mol. The topological polar surface area (TPSA) is 0 Å². The molecule has 0 aromatic rings. The maximum atomic E-state index is 3.97. The molecule has 0 nitrogen and oxygen atoms in total. The van der Waals surface area contributed by atoms with Crippen LogP contribution in [-0.2, 0) is 0 Å². The van der Waals surface area contributed by atoms with Gasteiger partial charge >= 0.3 is 0 Å². The lowest BCUT2D eigenvalue weighted by atomic mass is 9.80. The molecule has 0 spiro atoms. The van der Waals surface area contributed by atoms with E-state index in [-0.39, 0.29) is 5.16 Å². The van der Waals surface area contributed by atoms with Crippen LogP contribution in [0.4, 0.5) is 0 Å². The first kappa shape index (κ1) is 23.6. The minimum absolute atomic E-state index is 0.219. The summed E-state index contributed by atoms with van der Waals surface area (Å²) in [6.07, 6.45) is 24.7. The van der Waals surface area contributed by atoms with Crippen molar-refractivity contribution in [3.63, 3.8) is 0 Å². The highest BCUT2D eigenvalue weighted by Crippen LogP contribution is 2.41. The SMILES string of the molecule is C=CCC(CCCCCCCCCCCC)C(P)(CC=C)CC=C. The highest BCUT2D eigenvalue weighted by atomic mass is 31.0. The second kappa shape index (κ2) is 16.1. The van der Waals surface area contributed by atoms with Gasteiger partial charge in [0, 0.05) is 0 Å². The molecule has 0 radical (unpaired) electrons. The van der Waals surface area contributed by atoms with Crippen LogP contribution in [0.2, 0.25) is 0 Å². The van der Waals surface area contributed by atoms with E-state index in [0.717, 1.165) is 19.3 Å². The summed E-state index contributed by atoms with van der Waals surface area (Å²) >= 11 is 0. The van der Waals surface area contributed by atoms with Gasteiger partial charge in [-0.3, -0.25) is 0 Å². The molecular weight excluding hydrogens is 307 g/mol. The van der Waals surface area contributed by atoms with E-state index in [1.54, 1.807) is 0 Å². The lowest BCUT2D eigenvalue weighted by Gasteiger charge is -2.36. The Hall–Kier alpha value is -0.350. The molecule has 0 N–H and O–H groups in total. The fourth-order valence-electron chi connectivity index (χ4n) is 3.67. The van der Waals surface area contributed by atoms with Gasteiger partial charge in [0.15, 0.2) is 0 Å². The summed E-state index contributed by atoms with van der Waals surface area (Å²) in [5.41, 5.74) is 0. The Balaban J connectivity index is 3.98. The van der Waals surface area contributed by atoms with E-state index in [1.807, 2.05) is 0 Å². The quantitative estimate of drug-likeness (QED) is 0.133. The van der Waals surface area contributed by atoms with Gasteiger partial charge in [0.1, 0.15) is 0 Å². The van der Waals surface area contributed by atoms with E-state index >= 15 is 0 Å².